The monoisotopic (exact) mass is 706 g/mol. The molecule has 3 aliphatic rings. The number of aromatic carboxylic acids is 1. The molecule has 0 aliphatic carbocycles. The van der Waals surface area contributed by atoms with Gasteiger partial charge >= 0.3 is 12.1 Å². The van der Waals surface area contributed by atoms with E-state index in [0.29, 0.717) is 51.2 Å². The van der Waals surface area contributed by atoms with E-state index >= 15 is 0 Å². The highest BCUT2D eigenvalue weighted by atomic mass is 35.5. The average Bonchev–Trinajstić information content (AvgIpc) is 3.10. The SMILES string of the molecule is COc1ccc([C@H](Cc2c(Cl)c[n+]([O-])cc2Cl)c2nc(CN(C(=O)O[C@H]3CN4CCC3CC4)c3ccccc3)ccc2C(=O)O)cc1OC. The van der Waals surface area contributed by atoms with Gasteiger partial charge < -0.3 is 24.5 Å². The largest absolute Gasteiger partial charge is 0.619 e. The van der Waals surface area contributed by atoms with Gasteiger partial charge in [-0.2, -0.15) is 4.73 Å². The summed E-state index contributed by atoms with van der Waals surface area (Å²) in [5, 5.41) is 22.6. The molecular weight excluding hydrogens is 671 g/mol. The summed E-state index contributed by atoms with van der Waals surface area (Å²) in [5.74, 6) is -0.697. The zero-order valence-electron chi connectivity index (χ0n) is 27.1. The molecule has 49 heavy (non-hydrogen) atoms. The van der Waals surface area contributed by atoms with E-state index in [0.717, 1.165) is 25.9 Å². The van der Waals surface area contributed by atoms with Crippen LogP contribution in [-0.4, -0.2) is 67.0 Å². The number of piperidine rings is 3. The number of rotatable bonds is 11. The standard InChI is InChI=1S/C36H36Cl2N4O7/c1-47-31-11-8-23(16-32(31)48-2)27(17-28-29(37)19-41(46)20-30(28)38)34-26(35(43)44)10-9-24(39-34)18-42(25-6-4-3-5-7-25)36(45)49-33-21-40-14-12-22(33)13-15-40/h3-11,16,19-20,22,27,33H,12-15,17-18,21H2,1-2H3,(H,43,44)/t27-,33-/m0/s1. The predicted molar refractivity (Wildman–Crippen MR) is 184 cm³/mol. The number of pyridine rings is 2. The fraction of sp³-hybridized carbons (Fsp3) is 0.333. The van der Waals surface area contributed by atoms with E-state index in [1.807, 2.05) is 30.3 Å². The number of methoxy groups -OCH3 is 2. The smallest absolute Gasteiger partial charge is 0.414 e. The zero-order chi connectivity index (χ0) is 34.7. The lowest BCUT2D eigenvalue weighted by Gasteiger charge is -2.44. The van der Waals surface area contributed by atoms with Gasteiger partial charge in [-0.25, -0.2) is 9.59 Å². The molecule has 256 valence electrons. The van der Waals surface area contributed by atoms with E-state index in [1.54, 1.807) is 24.3 Å². The molecule has 0 spiro atoms. The van der Waals surface area contributed by atoms with Crippen LogP contribution in [0.1, 0.15) is 51.6 Å². The minimum Gasteiger partial charge on any atom is -0.619 e. The number of benzene rings is 2. The molecule has 3 aliphatic heterocycles. The number of para-hydroxylation sites is 1. The van der Waals surface area contributed by atoms with Crippen molar-refractivity contribution in [2.24, 2.45) is 5.92 Å². The number of fused-ring (bicyclic) bond motifs is 3. The number of hydrogen-bond donors (Lipinski definition) is 1. The quantitative estimate of drug-likeness (QED) is 0.140. The summed E-state index contributed by atoms with van der Waals surface area (Å²) in [5.41, 5.74) is 2.28. The van der Waals surface area contributed by atoms with Crippen LogP contribution >= 0.6 is 23.2 Å². The molecule has 0 unspecified atom stereocenters. The highest BCUT2D eigenvalue weighted by molar-refractivity contribution is 6.35. The number of carboxylic acid groups (broad SMARTS) is 1. The molecule has 7 rings (SSSR count). The molecule has 13 heteroatoms. The van der Waals surface area contributed by atoms with Crippen molar-refractivity contribution in [2.45, 2.75) is 37.8 Å². The lowest BCUT2D eigenvalue weighted by atomic mass is 9.86. The summed E-state index contributed by atoms with van der Waals surface area (Å²) < 4.78 is 17.6. The second-order valence-corrected chi connectivity index (χ2v) is 13.0. The van der Waals surface area contributed by atoms with Crippen molar-refractivity contribution >= 4 is 41.0 Å². The third kappa shape index (κ3) is 7.54. The Hall–Kier alpha value is -4.58. The Morgan fingerprint density at radius 1 is 1.02 bits per heavy atom. The van der Waals surface area contributed by atoms with E-state index in [-0.39, 0.29) is 40.4 Å². The minimum atomic E-state index is -1.19. The molecule has 2 bridgehead atoms. The van der Waals surface area contributed by atoms with Crippen LogP contribution in [0.15, 0.2) is 73.1 Å². The maximum absolute atomic E-state index is 13.9. The van der Waals surface area contributed by atoms with Gasteiger partial charge in [-0.3, -0.25) is 14.8 Å². The Balaban J connectivity index is 1.41. The third-order valence-electron chi connectivity index (χ3n) is 9.28. The Bertz CT molecular complexity index is 1810. The predicted octanol–water partition coefficient (Wildman–Crippen LogP) is 6.35. The number of carbonyl (C=O) groups excluding carboxylic acids is 1. The fourth-order valence-corrected chi connectivity index (χ4v) is 7.29. The highest BCUT2D eigenvalue weighted by Gasteiger charge is 2.38. The van der Waals surface area contributed by atoms with Crippen molar-refractivity contribution in [3.05, 3.63) is 116 Å². The second-order valence-electron chi connectivity index (χ2n) is 12.2. The van der Waals surface area contributed by atoms with E-state index in [2.05, 4.69) is 4.90 Å². The summed E-state index contributed by atoms with van der Waals surface area (Å²) in [7, 11) is 3.02. The van der Waals surface area contributed by atoms with Crippen LogP contribution in [0.3, 0.4) is 0 Å². The van der Waals surface area contributed by atoms with Gasteiger partial charge in [0.1, 0.15) is 16.1 Å². The van der Waals surface area contributed by atoms with E-state index in [1.165, 1.54) is 37.6 Å². The molecule has 0 radical (unpaired) electrons. The Morgan fingerprint density at radius 3 is 2.33 bits per heavy atom. The average molecular weight is 708 g/mol. The van der Waals surface area contributed by atoms with Crippen molar-refractivity contribution in [2.75, 3.05) is 38.8 Å². The molecule has 0 saturated carbocycles. The Labute approximate surface area is 294 Å². The van der Waals surface area contributed by atoms with Gasteiger partial charge in [0.25, 0.3) is 0 Å². The lowest BCUT2D eigenvalue weighted by molar-refractivity contribution is -0.605. The van der Waals surface area contributed by atoms with Crippen LogP contribution in [0, 0.1) is 11.1 Å². The minimum absolute atomic E-state index is 0.0124. The number of carboxylic acids is 1. The first-order valence-corrected chi connectivity index (χ1v) is 16.7. The van der Waals surface area contributed by atoms with Crippen molar-refractivity contribution < 1.29 is 33.6 Å². The first-order valence-electron chi connectivity index (χ1n) is 15.9. The van der Waals surface area contributed by atoms with Gasteiger partial charge in [0, 0.05) is 23.7 Å². The van der Waals surface area contributed by atoms with Gasteiger partial charge in [-0.05, 0) is 80.2 Å². The molecule has 5 heterocycles. The van der Waals surface area contributed by atoms with Crippen LogP contribution in [0.2, 0.25) is 10.0 Å². The van der Waals surface area contributed by atoms with Crippen LogP contribution in [0.4, 0.5) is 10.5 Å². The number of halogens is 2. The van der Waals surface area contributed by atoms with Gasteiger partial charge in [0.2, 0.25) is 0 Å². The summed E-state index contributed by atoms with van der Waals surface area (Å²) in [6.07, 6.45) is 3.75. The Kier molecular flexibility index (Phi) is 10.4. The Morgan fingerprint density at radius 2 is 1.71 bits per heavy atom. The highest BCUT2D eigenvalue weighted by Crippen LogP contribution is 2.38. The summed E-state index contributed by atoms with van der Waals surface area (Å²) >= 11 is 13.0. The molecule has 2 atom stereocenters. The van der Waals surface area contributed by atoms with Crippen LogP contribution in [0.25, 0.3) is 0 Å². The van der Waals surface area contributed by atoms with E-state index in [4.69, 9.17) is 42.4 Å². The van der Waals surface area contributed by atoms with Gasteiger partial charge in [0.15, 0.2) is 23.9 Å². The second kappa shape index (κ2) is 14.9. The van der Waals surface area contributed by atoms with Crippen LogP contribution in [-0.2, 0) is 17.7 Å². The van der Waals surface area contributed by atoms with Crippen molar-refractivity contribution in [1.29, 1.82) is 0 Å². The van der Waals surface area contributed by atoms with E-state index < -0.39 is 18.0 Å². The number of aromatic nitrogens is 2. The molecule has 3 saturated heterocycles. The molecule has 4 aromatic rings. The summed E-state index contributed by atoms with van der Waals surface area (Å²) in [6.45, 7) is 2.75. The fourth-order valence-electron chi connectivity index (χ4n) is 6.69. The van der Waals surface area contributed by atoms with Gasteiger partial charge in [-0.15, -0.1) is 0 Å². The maximum Gasteiger partial charge on any atom is 0.414 e. The zero-order valence-corrected chi connectivity index (χ0v) is 28.6. The van der Waals surface area contributed by atoms with Crippen LogP contribution in [0.5, 0.6) is 11.5 Å². The molecule has 3 fully saturated rings. The molecule has 1 N–H and O–H groups in total. The van der Waals surface area contributed by atoms with E-state index in [9.17, 15) is 19.9 Å². The maximum atomic E-state index is 13.9. The topological polar surface area (TPSA) is 128 Å². The number of ether oxygens (including phenoxy) is 3. The molecule has 2 aromatic heterocycles. The van der Waals surface area contributed by atoms with Gasteiger partial charge in [-0.1, -0.05) is 47.5 Å². The van der Waals surface area contributed by atoms with Crippen LogP contribution < -0.4 is 19.1 Å². The number of hydrogen-bond acceptors (Lipinski definition) is 8. The molecule has 11 nitrogen and oxygen atoms in total. The molecular formula is C36H36Cl2N4O7. The number of anilines is 1. The number of nitrogens with zero attached hydrogens (tertiary/aromatic N) is 4. The third-order valence-corrected chi connectivity index (χ3v) is 9.93. The van der Waals surface area contributed by atoms with Crippen molar-refractivity contribution in [1.82, 2.24) is 9.88 Å². The first kappa shape index (κ1) is 34.3. The van der Waals surface area contributed by atoms with Gasteiger partial charge in [0.05, 0.1) is 37.7 Å². The van der Waals surface area contributed by atoms with Crippen molar-refractivity contribution in [3.8, 4) is 11.5 Å². The summed E-state index contributed by atoms with van der Waals surface area (Å²) in [6, 6.07) is 17.5. The molecule has 2 aromatic carbocycles. The normalized spacial score (nSPS) is 18.8. The first-order chi connectivity index (χ1) is 23.6. The van der Waals surface area contributed by atoms with Crippen molar-refractivity contribution in [3.63, 3.8) is 0 Å². The summed E-state index contributed by atoms with van der Waals surface area (Å²) in [4.78, 5) is 35.3. The molecule has 1 amide bonds. The lowest BCUT2D eigenvalue weighted by Crippen LogP contribution is -2.53. The number of amides is 1. The number of carbonyl (C=O) groups is 2.